The molecular formula is C24H21Cl2NO3. The predicted molar refractivity (Wildman–Crippen MR) is 119 cm³/mol. The van der Waals surface area contributed by atoms with Gasteiger partial charge in [-0.15, -0.1) is 0 Å². The Morgan fingerprint density at radius 2 is 1.43 bits per heavy atom. The average molecular weight is 442 g/mol. The maximum Gasteiger partial charge on any atom is 0.235 e. The summed E-state index contributed by atoms with van der Waals surface area (Å²) in [4.78, 5) is 14.7. The standard InChI is InChI=1S/C24H21Cl2NO3/c25-17-6-1-15(2-7-17)3-14-21(29)22-23(16-4-12-20(28)13-5-16)27(24(22)30)19-10-8-18(26)9-11-19/h1-2,4-13,21-23,28-29H,3,14H2/t21?,22-,23+/m0/s1. The molecule has 1 saturated heterocycles. The second-order valence-electron chi connectivity index (χ2n) is 7.48. The first-order valence-electron chi connectivity index (χ1n) is 9.74. The van der Waals surface area contributed by atoms with Crippen molar-refractivity contribution in [3.05, 3.63) is 94.0 Å². The van der Waals surface area contributed by atoms with Gasteiger partial charge < -0.3 is 15.1 Å². The van der Waals surface area contributed by atoms with Crippen LogP contribution in [-0.2, 0) is 11.2 Å². The number of nitrogens with zero attached hydrogens (tertiary/aromatic N) is 1. The number of phenols is 1. The summed E-state index contributed by atoms with van der Waals surface area (Å²) < 4.78 is 0. The number of phenolic OH excluding ortho intramolecular Hbond substituents is 1. The summed E-state index contributed by atoms with van der Waals surface area (Å²) in [5.41, 5.74) is 2.64. The van der Waals surface area contributed by atoms with Crippen LogP contribution in [0.3, 0.4) is 0 Å². The van der Waals surface area contributed by atoms with Crippen molar-refractivity contribution in [2.75, 3.05) is 4.90 Å². The van der Waals surface area contributed by atoms with E-state index in [2.05, 4.69) is 0 Å². The minimum absolute atomic E-state index is 0.126. The van der Waals surface area contributed by atoms with E-state index in [1.165, 1.54) is 0 Å². The maximum absolute atomic E-state index is 13.1. The van der Waals surface area contributed by atoms with Crippen molar-refractivity contribution in [2.24, 2.45) is 5.92 Å². The molecule has 154 valence electrons. The lowest BCUT2D eigenvalue weighted by Gasteiger charge is -2.49. The molecule has 3 aromatic carbocycles. The number of aromatic hydroxyl groups is 1. The summed E-state index contributed by atoms with van der Waals surface area (Å²) >= 11 is 11.9. The number of hydrogen-bond donors (Lipinski definition) is 2. The highest BCUT2D eigenvalue weighted by atomic mass is 35.5. The number of aliphatic hydroxyl groups is 1. The van der Waals surface area contributed by atoms with Crippen molar-refractivity contribution >= 4 is 34.8 Å². The van der Waals surface area contributed by atoms with Crippen molar-refractivity contribution < 1.29 is 15.0 Å². The summed E-state index contributed by atoms with van der Waals surface area (Å²) in [6, 6.07) is 21.0. The topological polar surface area (TPSA) is 60.8 Å². The fraction of sp³-hybridized carbons (Fsp3) is 0.208. The van der Waals surface area contributed by atoms with E-state index in [9.17, 15) is 15.0 Å². The van der Waals surface area contributed by atoms with Crippen LogP contribution in [0.5, 0.6) is 5.75 Å². The van der Waals surface area contributed by atoms with Gasteiger partial charge in [-0.1, -0.05) is 47.5 Å². The molecule has 0 aromatic heterocycles. The number of halogens is 2. The van der Waals surface area contributed by atoms with E-state index in [1.54, 1.807) is 53.4 Å². The van der Waals surface area contributed by atoms with Crippen LogP contribution in [-0.4, -0.2) is 22.2 Å². The molecule has 6 heteroatoms. The Morgan fingerprint density at radius 3 is 2.03 bits per heavy atom. The smallest absolute Gasteiger partial charge is 0.235 e. The van der Waals surface area contributed by atoms with Gasteiger partial charge in [0.15, 0.2) is 0 Å². The molecule has 4 rings (SSSR count). The molecule has 1 heterocycles. The van der Waals surface area contributed by atoms with Gasteiger partial charge in [0, 0.05) is 15.7 Å². The van der Waals surface area contributed by atoms with Crippen LogP contribution >= 0.6 is 23.2 Å². The largest absolute Gasteiger partial charge is 0.508 e. The fourth-order valence-corrected chi connectivity index (χ4v) is 4.20. The number of anilines is 1. The van der Waals surface area contributed by atoms with Crippen molar-refractivity contribution in [1.82, 2.24) is 0 Å². The minimum Gasteiger partial charge on any atom is -0.508 e. The Kier molecular flexibility index (Phi) is 6.00. The second kappa shape index (κ2) is 8.68. The number of amides is 1. The molecule has 1 unspecified atom stereocenters. The summed E-state index contributed by atoms with van der Waals surface area (Å²) in [5, 5.41) is 21.8. The molecule has 0 spiro atoms. The van der Waals surface area contributed by atoms with Crippen LogP contribution in [0.15, 0.2) is 72.8 Å². The average Bonchev–Trinajstić information content (AvgIpc) is 2.74. The van der Waals surface area contributed by atoms with E-state index < -0.39 is 12.0 Å². The number of β-lactam (4-membered cyclic amide) rings is 1. The van der Waals surface area contributed by atoms with E-state index >= 15 is 0 Å². The molecule has 0 radical (unpaired) electrons. The Hall–Kier alpha value is -2.53. The van der Waals surface area contributed by atoms with E-state index in [0.717, 1.165) is 16.8 Å². The van der Waals surface area contributed by atoms with Crippen LogP contribution in [0.4, 0.5) is 5.69 Å². The number of rotatable bonds is 6. The van der Waals surface area contributed by atoms with E-state index in [0.29, 0.717) is 22.9 Å². The zero-order chi connectivity index (χ0) is 21.3. The third-order valence-corrected chi connectivity index (χ3v) is 6.04. The molecule has 3 aromatic rings. The molecule has 1 amide bonds. The van der Waals surface area contributed by atoms with Gasteiger partial charge in [0.2, 0.25) is 5.91 Å². The van der Waals surface area contributed by atoms with Crippen molar-refractivity contribution in [3.63, 3.8) is 0 Å². The van der Waals surface area contributed by atoms with Gasteiger partial charge in [0.25, 0.3) is 0 Å². The van der Waals surface area contributed by atoms with Crippen LogP contribution in [0.1, 0.15) is 23.6 Å². The molecule has 1 fully saturated rings. The van der Waals surface area contributed by atoms with Gasteiger partial charge in [-0.2, -0.15) is 0 Å². The highest BCUT2D eigenvalue weighted by Crippen LogP contribution is 2.46. The Bertz CT molecular complexity index is 1020. The number of hydrogen-bond acceptors (Lipinski definition) is 3. The first kappa shape index (κ1) is 20.7. The van der Waals surface area contributed by atoms with Crippen molar-refractivity contribution in [3.8, 4) is 5.75 Å². The predicted octanol–water partition coefficient (Wildman–Crippen LogP) is 5.40. The highest BCUT2D eigenvalue weighted by molar-refractivity contribution is 6.30. The second-order valence-corrected chi connectivity index (χ2v) is 8.35. The SMILES string of the molecule is O=C1[C@@H](C(O)CCc2ccc(Cl)cc2)[C@@H](c2ccc(O)cc2)N1c1ccc(Cl)cc1. The Morgan fingerprint density at radius 1 is 0.867 bits per heavy atom. The quantitative estimate of drug-likeness (QED) is 0.503. The monoisotopic (exact) mass is 441 g/mol. The molecule has 30 heavy (non-hydrogen) atoms. The summed E-state index contributed by atoms with van der Waals surface area (Å²) in [6.45, 7) is 0. The molecule has 0 saturated carbocycles. The van der Waals surface area contributed by atoms with Crippen molar-refractivity contribution in [2.45, 2.75) is 25.0 Å². The Balaban J connectivity index is 1.57. The summed E-state index contributed by atoms with van der Waals surface area (Å²) in [6.07, 6.45) is 0.308. The zero-order valence-corrected chi connectivity index (χ0v) is 17.6. The molecule has 0 bridgehead atoms. The number of aliphatic hydroxyl groups excluding tert-OH is 1. The molecule has 4 nitrogen and oxygen atoms in total. The van der Waals surface area contributed by atoms with Gasteiger partial charge in [-0.05, 0) is 72.5 Å². The molecule has 3 atom stereocenters. The fourth-order valence-electron chi connectivity index (χ4n) is 3.95. The van der Waals surface area contributed by atoms with Crippen LogP contribution in [0.25, 0.3) is 0 Å². The third kappa shape index (κ3) is 4.17. The zero-order valence-electron chi connectivity index (χ0n) is 16.1. The first-order chi connectivity index (χ1) is 14.4. The van der Waals surface area contributed by atoms with Gasteiger partial charge >= 0.3 is 0 Å². The Labute approximate surface area is 185 Å². The molecule has 1 aliphatic rings. The number of benzene rings is 3. The van der Waals surface area contributed by atoms with Crippen LogP contribution < -0.4 is 4.90 Å². The van der Waals surface area contributed by atoms with Crippen LogP contribution in [0.2, 0.25) is 10.0 Å². The first-order valence-corrected chi connectivity index (χ1v) is 10.5. The maximum atomic E-state index is 13.1. The lowest BCUT2D eigenvalue weighted by Crippen LogP contribution is -2.59. The lowest BCUT2D eigenvalue weighted by atomic mass is 9.77. The summed E-state index contributed by atoms with van der Waals surface area (Å²) in [7, 11) is 0. The molecule has 2 N–H and O–H groups in total. The van der Waals surface area contributed by atoms with E-state index in [1.807, 2.05) is 24.3 Å². The van der Waals surface area contributed by atoms with Gasteiger partial charge in [-0.25, -0.2) is 0 Å². The number of carbonyl (C=O) groups excluding carboxylic acids is 1. The van der Waals surface area contributed by atoms with E-state index in [4.69, 9.17) is 23.2 Å². The van der Waals surface area contributed by atoms with Crippen molar-refractivity contribution in [1.29, 1.82) is 0 Å². The lowest BCUT2D eigenvalue weighted by molar-refractivity contribution is -0.136. The number of carbonyl (C=O) groups is 1. The summed E-state index contributed by atoms with van der Waals surface area (Å²) in [5.74, 6) is -0.529. The van der Waals surface area contributed by atoms with Crippen LogP contribution in [0, 0.1) is 5.92 Å². The van der Waals surface area contributed by atoms with E-state index in [-0.39, 0.29) is 17.7 Å². The van der Waals surface area contributed by atoms with Gasteiger partial charge in [-0.3, -0.25) is 4.79 Å². The van der Waals surface area contributed by atoms with Gasteiger partial charge in [0.1, 0.15) is 5.75 Å². The molecule has 0 aliphatic carbocycles. The molecule has 1 aliphatic heterocycles. The highest BCUT2D eigenvalue weighted by Gasteiger charge is 2.52. The normalized spacial score (nSPS) is 19.4. The van der Waals surface area contributed by atoms with Gasteiger partial charge in [0.05, 0.1) is 18.1 Å². The molecular weight excluding hydrogens is 421 g/mol. The minimum atomic E-state index is -0.796. The third-order valence-electron chi connectivity index (χ3n) is 5.54. The number of aryl methyl sites for hydroxylation is 1.